The molecule has 5 nitrogen and oxygen atoms in total. The van der Waals surface area contributed by atoms with Gasteiger partial charge in [-0.3, -0.25) is 4.72 Å². The lowest BCUT2D eigenvalue weighted by molar-refractivity contribution is 0.0697. The number of carboxylic acids is 1. The van der Waals surface area contributed by atoms with Gasteiger partial charge in [0.15, 0.2) is 0 Å². The number of hydrogen-bond donors (Lipinski definition) is 2. The molecule has 0 fully saturated rings. The molecule has 29 heavy (non-hydrogen) atoms. The maximum absolute atomic E-state index is 13.5. The topological polar surface area (TPSA) is 83.5 Å². The van der Waals surface area contributed by atoms with Crippen LogP contribution in [0, 0.1) is 12.7 Å². The summed E-state index contributed by atoms with van der Waals surface area (Å²) in [6.45, 7) is 1.61. The minimum absolute atomic E-state index is 0.0959. The molecule has 0 aliphatic rings. The number of nitrogens with one attached hydrogen (secondary N) is 1. The number of aryl methyl sites for hydroxylation is 3. The quantitative estimate of drug-likeness (QED) is 0.601. The number of rotatable bonds is 7. The highest BCUT2D eigenvalue weighted by atomic mass is 32.2. The van der Waals surface area contributed by atoms with Gasteiger partial charge in [0.2, 0.25) is 0 Å². The Hall–Kier alpha value is -3.19. The smallest absolute Gasteiger partial charge is 0.335 e. The molecule has 0 heterocycles. The molecule has 0 saturated carbocycles. The van der Waals surface area contributed by atoms with Crippen molar-refractivity contribution in [2.75, 3.05) is 4.72 Å². The SMILES string of the molecule is Cc1ccc(F)cc1S(=O)(=O)Nc1cccc(CCc2ccc(C(=O)O)cc2)c1. The van der Waals surface area contributed by atoms with Crippen molar-refractivity contribution in [3.63, 3.8) is 0 Å². The summed E-state index contributed by atoms with van der Waals surface area (Å²) < 4.78 is 41.2. The van der Waals surface area contributed by atoms with Crippen molar-refractivity contribution < 1.29 is 22.7 Å². The second kappa shape index (κ2) is 8.45. The number of carbonyl (C=O) groups is 1. The Balaban J connectivity index is 1.72. The van der Waals surface area contributed by atoms with E-state index in [-0.39, 0.29) is 10.5 Å². The number of aromatic carboxylic acids is 1. The number of sulfonamides is 1. The van der Waals surface area contributed by atoms with Gasteiger partial charge in [0, 0.05) is 5.69 Å². The van der Waals surface area contributed by atoms with E-state index in [4.69, 9.17) is 5.11 Å². The Bertz CT molecular complexity index is 1140. The first-order valence-electron chi connectivity index (χ1n) is 8.95. The van der Waals surface area contributed by atoms with Gasteiger partial charge in [-0.05, 0) is 72.9 Å². The van der Waals surface area contributed by atoms with E-state index in [1.54, 1.807) is 49.4 Å². The fourth-order valence-corrected chi connectivity index (χ4v) is 4.27. The predicted octanol–water partition coefficient (Wildman–Crippen LogP) is 4.42. The molecule has 0 atom stereocenters. The summed E-state index contributed by atoms with van der Waals surface area (Å²) in [6.07, 6.45) is 1.33. The van der Waals surface area contributed by atoms with Crippen molar-refractivity contribution in [1.82, 2.24) is 0 Å². The molecule has 2 N–H and O–H groups in total. The van der Waals surface area contributed by atoms with Crippen LogP contribution in [-0.2, 0) is 22.9 Å². The standard InChI is InChI=1S/C22H20FNO4S/c1-15-5-12-19(23)14-21(15)29(27,28)24-20-4-2-3-17(13-20)7-6-16-8-10-18(11-9-16)22(25)26/h2-5,8-14,24H,6-7H2,1H3,(H,25,26). The predicted molar refractivity (Wildman–Crippen MR) is 109 cm³/mol. The van der Waals surface area contributed by atoms with Crippen molar-refractivity contribution in [1.29, 1.82) is 0 Å². The summed E-state index contributed by atoms with van der Waals surface area (Å²) >= 11 is 0. The monoisotopic (exact) mass is 413 g/mol. The van der Waals surface area contributed by atoms with Crippen LogP contribution < -0.4 is 4.72 Å². The van der Waals surface area contributed by atoms with Crippen LogP contribution >= 0.6 is 0 Å². The van der Waals surface area contributed by atoms with Gasteiger partial charge in [0.1, 0.15) is 5.82 Å². The zero-order valence-electron chi connectivity index (χ0n) is 15.7. The number of carboxylic acid groups (broad SMARTS) is 1. The Morgan fingerprint density at radius 3 is 2.34 bits per heavy atom. The van der Waals surface area contributed by atoms with E-state index in [0.29, 0.717) is 24.1 Å². The molecule has 0 radical (unpaired) electrons. The summed E-state index contributed by atoms with van der Waals surface area (Å²) in [7, 11) is -3.91. The average molecular weight is 413 g/mol. The first-order chi connectivity index (χ1) is 13.7. The van der Waals surface area contributed by atoms with Gasteiger partial charge in [-0.2, -0.15) is 0 Å². The highest BCUT2D eigenvalue weighted by molar-refractivity contribution is 7.92. The van der Waals surface area contributed by atoms with Crippen molar-refractivity contribution in [2.24, 2.45) is 0 Å². The third-order valence-electron chi connectivity index (χ3n) is 4.52. The Morgan fingerprint density at radius 1 is 0.966 bits per heavy atom. The fourth-order valence-electron chi connectivity index (χ4n) is 2.97. The van der Waals surface area contributed by atoms with Gasteiger partial charge >= 0.3 is 5.97 Å². The molecule has 0 aromatic heterocycles. The Morgan fingerprint density at radius 2 is 1.66 bits per heavy atom. The molecule has 7 heteroatoms. The molecule has 0 aliphatic heterocycles. The second-order valence-corrected chi connectivity index (χ2v) is 8.37. The van der Waals surface area contributed by atoms with E-state index < -0.39 is 21.8 Å². The van der Waals surface area contributed by atoms with E-state index in [1.165, 1.54) is 12.1 Å². The summed E-state index contributed by atoms with van der Waals surface area (Å²) in [5.41, 5.74) is 2.99. The average Bonchev–Trinajstić information content (AvgIpc) is 2.68. The molecular weight excluding hydrogens is 393 g/mol. The largest absolute Gasteiger partial charge is 0.478 e. The highest BCUT2D eigenvalue weighted by Gasteiger charge is 2.18. The zero-order valence-corrected chi connectivity index (χ0v) is 16.5. The number of hydrogen-bond acceptors (Lipinski definition) is 3. The van der Waals surface area contributed by atoms with E-state index in [2.05, 4.69) is 4.72 Å². The normalized spacial score (nSPS) is 11.2. The van der Waals surface area contributed by atoms with Crippen molar-refractivity contribution in [3.05, 3.63) is 94.8 Å². The lowest BCUT2D eigenvalue weighted by Gasteiger charge is -2.12. The van der Waals surface area contributed by atoms with E-state index in [9.17, 15) is 17.6 Å². The summed E-state index contributed by atoms with van der Waals surface area (Å²) in [6, 6.07) is 17.3. The third-order valence-corrected chi connectivity index (χ3v) is 6.05. The van der Waals surface area contributed by atoms with Crippen LogP contribution in [0.25, 0.3) is 0 Å². The highest BCUT2D eigenvalue weighted by Crippen LogP contribution is 2.21. The minimum Gasteiger partial charge on any atom is -0.478 e. The maximum atomic E-state index is 13.5. The molecule has 3 aromatic rings. The van der Waals surface area contributed by atoms with Crippen molar-refractivity contribution in [3.8, 4) is 0 Å². The number of anilines is 1. The van der Waals surface area contributed by atoms with Gasteiger partial charge in [0.05, 0.1) is 10.5 Å². The third kappa shape index (κ3) is 5.20. The van der Waals surface area contributed by atoms with Crippen LogP contribution in [-0.4, -0.2) is 19.5 Å². The zero-order chi connectivity index (χ0) is 21.0. The minimum atomic E-state index is -3.91. The fraction of sp³-hybridized carbons (Fsp3) is 0.136. The van der Waals surface area contributed by atoms with Gasteiger partial charge in [-0.1, -0.05) is 30.3 Å². The molecule has 0 bridgehead atoms. The first kappa shape index (κ1) is 20.5. The molecule has 0 aliphatic carbocycles. The molecular formula is C22H20FNO4S. The van der Waals surface area contributed by atoms with Crippen LogP contribution in [0.4, 0.5) is 10.1 Å². The summed E-state index contributed by atoms with van der Waals surface area (Å²) in [4.78, 5) is 10.8. The second-order valence-electron chi connectivity index (χ2n) is 6.72. The molecule has 0 amide bonds. The van der Waals surface area contributed by atoms with Crippen LogP contribution in [0.15, 0.2) is 71.6 Å². The van der Waals surface area contributed by atoms with Crippen LogP contribution in [0.1, 0.15) is 27.0 Å². The van der Waals surface area contributed by atoms with Gasteiger partial charge in [-0.15, -0.1) is 0 Å². The van der Waals surface area contributed by atoms with Crippen LogP contribution in [0.2, 0.25) is 0 Å². The summed E-state index contributed by atoms with van der Waals surface area (Å²) in [5.74, 6) is -1.58. The van der Waals surface area contributed by atoms with Gasteiger partial charge in [0.25, 0.3) is 10.0 Å². The van der Waals surface area contributed by atoms with Crippen molar-refractivity contribution in [2.45, 2.75) is 24.7 Å². The first-order valence-corrected chi connectivity index (χ1v) is 10.4. The van der Waals surface area contributed by atoms with Crippen LogP contribution in [0.5, 0.6) is 0 Å². The molecule has 150 valence electrons. The Labute approximate surface area is 168 Å². The number of halogens is 1. The van der Waals surface area contributed by atoms with Gasteiger partial charge in [-0.25, -0.2) is 17.6 Å². The van der Waals surface area contributed by atoms with E-state index in [0.717, 1.165) is 17.2 Å². The Kier molecular flexibility index (Phi) is 5.98. The molecule has 0 spiro atoms. The molecule has 0 unspecified atom stereocenters. The molecule has 0 saturated heterocycles. The van der Waals surface area contributed by atoms with Gasteiger partial charge < -0.3 is 5.11 Å². The van der Waals surface area contributed by atoms with E-state index in [1.807, 2.05) is 6.07 Å². The number of benzene rings is 3. The maximum Gasteiger partial charge on any atom is 0.335 e. The lowest BCUT2D eigenvalue weighted by atomic mass is 10.0. The van der Waals surface area contributed by atoms with E-state index >= 15 is 0 Å². The molecule has 3 rings (SSSR count). The lowest BCUT2D eigenvalue weighted by Crippen LogP contribution is -2.14. The molecule has 3 aromatic carbocycles. The van der Waals surface area contributed by atoms with Crippen molar-refractivity contribution >= 4 is 21.7 Å². The van der Waals surface area contributed by atoms with Crippen LogP contribution in [0.3, 0.4) is 0 Å². The summed E-state index contributed by atoms with van der Waals surface area (Å²) in [5, 5.41) is 8.94.